The Balaban J connectivity index is 1.71. The zero-order chi connectivity index (χ0) is 23.4. The molecule has 2 heterocycles. The van der Waals surface area contributed by atoms with E-state index in [1.54, 1.807) is 48.5 Å². The van der Waals surface area contributed by atoms with Crippen molar-refractivity contribution in [3.05, 3.63) is 89.1 Å². The summed E-state index contributed by atoms with van der Waals surface area (Å²) in [7, 11) is 0. The topological polar surface area (TPSA) is 102 Å². The standard InChI is InChI=1S/C24H17ClN6O2/c1-26-21-10-6-9-19(28-21)15-11-12-18(25)17(13-15)23(32)29-22-14-20(24(33)27-2)30-31(22)16-7-4-3-5-8-16/h3-14H,1-2H2,(H,29,32). The van der Waals surface area contributed by atoms with Gasteiger partial charge in [-0.1, -0.05) is 41.9 Å². The number of aromatic nitrogens is 3. The summed E-state index contributed by atoms with van der Waals surface area (Å²) in [5, 5.41) is 7.30. The fraction of sp³-hybridized carbons (Fsp3) is 0. The van der Waals surface area contributed by atoms with Gasteiger partial charge in [0.2, 0.25) is 0 Å². The summed E-state index contributed by atoms with van der Waals surface area (Å²) >= 11 is 6.33. The third kappa shape index (κ3) is 4.60. The van der Waals surface area contributed by atoms with Crippen LogP contribution in [0.15, 0.2) is 82.8 Å². The minimum Gasteiger partial charge on any atom is -0.306 e. The number of carbonyl (C=O) groups is 2. The number of nitrogens with zero attached hydrogens (tertiary/aromatic N) is 5. The minimum absolute atomic E-state index is 0.0435. The van der Waals surface area contributed by atoms with Gasteiger partial charge in [0.15, 0.2) is 11.5 Å². The predicted octanol–water partition coefficient (Wildman–Crippen LogP) is 5.01. The summed E-state index contributed by atoms with van der Waals surface area (Å²) in [5.74, 6) is -0.353. The van der Waals surface area contributed by atoms with Gasteiger partial charge in [-0.2, -0.15) is 5.10 Å². The van der Waals surface area contributed by atoms with Crippen LogP contribution in [-0.4, -0.2) is 40.0 Å². The van der Waals surface area contributed by atoms with Gasteiger partial charge in [-0.15, -0.1) is 0 Å². The van der Waals surface area contributed by atoms with E-state index in [9.17, 15) is 9.59 Å². The second kappa shape index (κ2) is 9.37. The van der Waals surface area contributed by atoms with E-state index in [2.05, 4.69) is 38.8 Å². The van der Waals surface area contributed by atoms with Crippen LogP contribution in [-0.2, 0) is 0 Å². The number of nitrogens with one attached hydrogen (secondary N) is 1. The van der Waals surface area contributed by atoms with E-state index >= 15 is 0 Å². The lowest BCUT2D eigenvalue weighted by atomic mass is 10.1. The van der Waals surface area contributed by atoms with Gasteiger partial charge in [0.25, 0.3) is 11.8 Å². The van der Waals surface area contributed by atoms with Crippen molar-refractivity contribution >= 4 is 48.5 Å². The number of aliphatic imine (C=N–C) groups is 2. The predicted molar refractivity (Wildman–Crippen MR) is 129 cm³/mol. The Morgan fingerprint density at radius 1 is 0.970 bits per heavy atom. The number of hydrogen-bond donors (Lipinski definition) is 1. The molecule has 0 unspecified atom stereocenters. The van der Waals surface area contributed by atoms with E-state index in [0.29, 0.717) is 22.8 Å². The molecule has 1 N–H and O–H groups in total. The first-order chi connectivity index (χ1) is 16.0. The number of anilines is 1. The maximum Gasteiger partial charge on any atom is 0.296 e. The summed E-state index contributed by atoms with van der Waals surface area (Å²) in [6.07, 6.45) is 0. The van der Waals surface area contributed by atoms with Crippen molar-refractivity contribution in [2.75, 3.05) is 5.32 Å². The Labute approximate surface area is 194 Å². The molecule has 2 amide bonds. The molecule has 33 heavy (non-hydrogen) atoms. The smallest absolute Gasteiger partial charge is 0.296 e. The summed E-state index contributed by atoms with van der Waals surface area (Å²) < 4.78 is 1.44. The maximum absolute atomic E-state index is 13.2. The fourth-order valence-electron chi connectivity index (χ4n) is 3.14. The zero-order valence-electron chi connectivity index (χ0n) is 17.3. The van der Waals surface area contributed by atoms with E-state index in [0.717, 1.165) is 0 Å². The molecule has 4 rings (SSSR count). The number of halogens is 1. The van der Waals surface area contributed by atoms with Crippen LogP contribution in [0.25, 0.3) is 16.9 Å². The van der Waals surface area contributed by atoms with E-state index in [1.807, 2.05) is 18.2 Å². The van der Waals surface area contributed by atoms with Gasteiger partial charge in [-0.25, -0.2) is 19.7 Å². The molecule has 0 saturated heterocycles. The first kappa shape index (κ1) is 21.8. The fourth-order valence-corrected chi connectivity index (χ4v) is 3.34. The molecule has 8 nitrogen and oxygen atoms in total. The zero-order valence-corrected chi connectivity index (χ0v) is 18.0. The van der Waals surface area contributed by atoms with Gasteiger partial charge < -0.3 is 5.32 Å². The van der Waals surface area contributed by atoms with E-state index in [-0.39, 0.29) is 22.1 Å². The molecule has 0 fully saturated rings. The first-order valence-corrected chi connectivity index (χ1v) is 10.1. The minimum atomic E-state index is -0.609. The third-order valence-corrected chi connectivity index (χ3v) is 5.05. The Morgan fingerprint density at radius 2 is 1.76 bits per heavy atom. The van der Waals surface area contributed by atoms with Gasteiger partial charge in [0, 0.05) is 11.6 Å². The SMILES string of the molecule is C=NC(=O)c1cc(NC(=O)c2cc(-c3cccc(N=C)n3)ccc2Cl)n(-c2ccccc2)n1. The second-order valence-corrected chi connectivity index (χ2v) is 7.22. The number of benzene rings is 2. The average Bonchev–Trinajstić information content (AvgIpc) is 3.28. The Morgan fingerprint density at radius 3 is 2.48 bits per heavy atom. The maximum atomic E-state index is 13.2. The van der Waals surface area contributed by atoms with Gasteiger partial charge in [0.1, 0.15) is 5.82 Å². The third-order valence-electron chi connectivity index (χ3n) is 4.72. The van der Waals surface area contributed by atoms with Crippen molar-refractivity contribution in [2.24, 2.45) is 9.98 Å². The highest BCUT2D eigenvalue weighted by Gasteiger charge is 2.19. The van der Waals surface area contributed by atoms with Crippen molar-refractivity contribution < 1.29 is 9.59 Å². The van der Waals surface area contributed by atoms with Gasteiger partial charge in [-0.05, 0) is 49.8 Å². The number of hydrogen-bond acceptors (Lipinski definition) is 5. The molecule has 0 aliphatic heterocycles. The van der Waals surface area contributed by atoms with Crippen LogP contribution in [0.2, 0.25) is 5.02 Å². The van der Waals surface area contributed by atoms with Crippen LogP contribution < -0.4 is 5.32 Å². The quantitative estimate of drug-likeness (QED) is 0.412. The molecule has 0 saturated carbocycles. The molecular formula is C24H17ClN6O2. The highest BCUT2D eigenvalue weighted by Crippen LogP contribution is 2.27. The summed E-state index contributed by atoms with van der Waals surface area (Å²) in [5.41, 5.74) is 2.21. The molecule has 0 aliphatic rings. The normalized spacial score (nSPS) is 10.5. The largest absolute Gasteiger partial charge is 0.306 e. The van der Waals surface area contributed by atoms with Gasteiger partial charge in [0.05, 0.1) is 22.0 Å². The van der Waals surface area contributed by atoms with Crippen molar-refractivity contribution in [1.29, 1.82) is 0 Å². The Bertz CT molecular complexity index is 1380. The summed E-state index contributed by atoms with van der Waals surface area (Å²) in [4.78, 5) is 36.8. The molecule has 0 aliphatic carbocycles. The summed E-state index contributed by atoms with van der Waals surface area (Å²) in [6.45, 7) is 6.74. The number of carbonyl (C=O) groups excluding carboxylic acids is 2. The summed E-state index contributed by atoms with van der Waals surface area (Å²) in [6, 6.07) is 20.8. The van der Waals surface area contributed by atoms with Crippen LogP contribution in [0.4, 0.5) is 11.6 Å². The molecule has 0 bridgehead atoms. The molecule has 162 valence electrons. The molecule has 0 atom stereocenters. The monoisotopic (exact) mass is 456 g/mol. The molecule has 4 aromatic rings. The lowest BCUT2D eigenvalue weighted by molar-refractivity contribution is 0.0996. The Hall–Kier alpha value is -4.43. The molecular weight excluding hydrogens is 440 g/mol. The molecule has 0 spiro atoms. The van der Waals surface area contributed by atoms with Gasteiger partial charge in [-0.3, -0.25) is 9.59 Å². The van der Waals surface area contributed by atoms with E-state index in [4.69, 9.17) is 11.6 Å². The van der Waals surface area contributed by atoms with Gasteiger partial charge >= 0.3 is 0 Å². The van der Waals surface area contributed by atoms with E-state index in [1.165, 1.54) is 10.7 Å². The highest BCUT2D eigenvalue weighted by molar-refractivity contribution is 6.34. The lowest BCUT2D eigenvalue weighted by Crippen LogP contribution is -2.15. The van der Waals surface area contributed by atoms with Crippen LogP contribution in [0.5, 0.6) is 0 Å². The van der Waals surface area contributed by atoms with Crippen molar-refractivity contribution in [3.8, 4) is 16.9 Å². The van der Waals surface area contributed by atoms with Crippen molar-refractivity contribution in [1.82, 2.24) is 14.8 Å². The van der Waals surface area contributed by atoms with Crippen LogP contribution in [0, 0.1) is 0 Å². The van der Waals surface area contributed by atoms with Crippen molar-refractivity contribution in [2.45, 2.75) is 0 Å². The molecule has 9 heteroatoms. The highest BCUT2D eigenvalue weighted by atomic mass is 35.5. The second-order valence-electron chi connectivity index (χ2n) is 6.81. The van der Waals surface area contributed by atoms with Crippen LogP contribution in [0.3, 0.4) is 0 Å². The Kier molecular flexibility index (Phi) is 6.19. The molecule has 2 aromatic carbocycles. The number of pyridine rings is 1. The molecule has 2 aromatic heterocycles. The van der Waals surface area contributed by atoms with Crippen LogP contribution in [0.1, 0.15) is 20.8 Å². The van der Waals surface area contributed by atoms with Crippen molar-refractivity contribution in [3.63, 3.8) is 0 Å². The van der Waals surface area contributed by atoms with Crippen LogP contribution >= 0.6 is 11.6 Å². The number of amides is 2. The van der Waals surface area contributed by atoms with E-state index < -0.39 is 11.8 Å². The first-order valence-electron chi connectivity index (χ1n) is 9.72. The molecule has 0 radical (unpaired) electrons. The number of rotatable bonds is 6. The number of para-hydroxylation sites is 1. The average molecular weight is 457 g/mol. The lowest BCUT2D eigenvalue weighted by Gasteiger charge is -2.11.